The van der Waals surface area contributed by atoms with Gasteiger partial charge in [0.25, 0.3) is 0 Å². The second-order valence-corrected chi connectivity index (χ2v) is 5.61. The Morgan fingerprint density at radius 3 is 2.19 bits per heavy atom. The molecule has 0 aliphatic heterocycles. The van der Waals surface area contributed by atoms with Crippen LogP contribution in [0.2, 0.25) is 0 Å². The maximum Gasteiger partial charge on any atom is 0.323 e. The maximum atomic E-state index is 11.3. The summed E-state index contributed by atoms with van der Waals surface area (Å²) in [7, 11) is 1.64. The smallest absolute Gasteiger partial charge is 0.323 e. The van der Waals surface area contributed by atoms with Gasteiger partial charge in [-0.05, 0) is 40.0 Å². The van der Waals surface area contributed by atoms with Gasteiger partial charge in [0.1, 0.15) is 5.54 Å². The minimum Gasteiger partial charge on any atom is -0.480 e. The Morgan fingerprint density at radius 1 is 1.10 bits per heavy atom. The highest BCUT2D eigenvalue weighted by atomic mass is 16.5. The molecule has 0 saturated heterocycles. The van der Waals surface area contributed by atoms with E-state index in [1.165, 1.54) is 0 Å². The van der Waals surface area contributed by atoms with Crippen molar-refractivity contribution in [3.05, 3.63) is 0 Å². The van der Waals surface area contributed by atoms with Crippen LogP contribution in [0.5, 0.6) is 0 Å². The first-order valence-corrected chi connectivity index (χ1v) is 7.58. The van der Waals surface area contributed by atoms with Crippen LogP contribution in [0.3, 0.4) is 0 Å². The summed E-state index contributed by atoms with van der Waals surface area (Å²) in [4.78, 5) is 11.3. The minimum absolute atomic E-state index is 0.135. The fourth-order valence-corrected chi connectivity index (χ4v) is 2.02. The molecule has 2 N–H and O–H groups in total. The van der Waals surface area contributed by atoms with E-state index in [-0.39, 0.29) is 6.04 Å². The Bertz CT molecular complexity index is 273. The van der Waals surface area contributed by atoms with Gasteiger partial charge in [-0.25, -0.2) is 0 Å². The van der Waals surface area contributed by atoms with E-state index in [1.54, 1.807) is 14.0 Å². The number of carbonyl (C=O) groups is 1. The molecule has 0 saturated carbocycles. The van der Waals surface area contributed by atoms with Gasteiger partial charge in [0.15, 0.2) is 0 Å². The van der Waals surface area contributed by atoms with Crippen molar-refractivity contribution in [2.75, 3.05) is 40.1 Å². The van der Waals surface area contributed by atoms with Gasteiger partial charge in [-0.15, -0.1) is 0 Å². The molecule has 0 amide bonds. The third-order valence-corrected chi connectivity index (χ3v) is 3.05. The normalized spacial score (nSPS) is 14.3. The zero-order chi connectivity index (χ0) is 16.1. The monoisotopic (exact) mass is 305 g/mol. The zero-order valence-electron chi connectivity index (χ0n) is 13.8. The van der Waals surface area contributed by atoms with Crippen LogP contribution in [-0.4, -0.2) is 62.8 Å². The summed E-state index contributed by atoms with van der Waals surface area (Å²) in [6, 6.07) is 0.135. The number of carboxylic acid groups (broad SMARTS) is 1. The number of hydrogen-bond acceptors (Lipinski definition) is 5. The SMILES string of the molecule is COCCOCCCOCCCC(C)(NC(C)C)C(=O)O. The van der Waals surface area contributed by atoms with Crippen LogP contribution in [0.1, 0.15) is 40.0 Å². The van der Waals surface area contributed by atoms with Crippen LogP contribution in [0, 0.1) is 0 Å². The van der Waals surface area contributed by atoms with Crippen molar-refractivity contribution in [1.29, 1.82) is 0 Å². The quantitative estimate of drug-likeness (QED) is 0.476. The summed E-state index contributed by atoms with van der Waals surface area (Å²) < 4.78 is 15.7. The molecule has 6 nitrogen and oxygen atoms in total. The van der Waals surface area contributed by atoms with E-state index in [9.17, 15) is 9.90 Å². The average molecular weight is 305 g/mol. The van der Waals surface area contributed by atoms with E-state index in [0.717, 1.165) is 6.42 Å². The van der Waals surface area contributed by atoms with Crippen molar-refractivity contribution in [1.82, 2.24) is 5.32 Å². The largest absolute Gasteiger partial charge is 0.480 e. The number of rotatable bonds is 14. The van der Waals surface area contributed by atoms with E-state index < -0.39 is 11.5 Å². The molecule has 6 heteroatoms. The van der Waals surface area contributed by atoms with Crippen LogP contribution >= 0.6 is 0 Å². The molecule has 1 atom stereocenters. The number of methoxy groups -OCH3 is 1. The number of nitrogens with one attached hydrogen (secondary N) is 1. The first-order valence-electron chi connectivity index (χ1n) is 7.58. The van der Waals surface area contributed by atoms with Crippen molar-refractivity contribution in [2.45, 2.75) is 51.6 Å². The lowest BCUT2D eigenvalue weighted by Crippen LogP contribution is -2.52. The van der Waals surface area contributed by atoms with Gasteiger partial charge in [0.05, 0.1) is 13.2 Å². The fraction of sp³-hybridized carbons (Fsp3) is 0.933. The van der Waals surface area contributed by atoms with Crippen LogP contribution in [0.15, 0.2) is 0 Å². The van der Waals surface area contributed by atoms with Gasteiger partial charge in [0.2, 0.25) is 0 Å². The Kier molecular flexibility index (Phi) is 11.5. The van der Waals surface area contributed by atoms with Crippen LogP contribution in [0.4, 0.5) is 0 Å². The Hall–Kier alpha value is -0.690. The van der Waals surface area contributed by atoms with Crippen LogP contribution in [-0.2, 0) is 19.0 Å². The summed E-state index contributed by atoms with van der Waals surface area (Å²) in [5, 5.41) is 12.4. The van der Waals surface area contributed by atoms with Crippen molar-refractivity contribution in [3.8, 4) is 0 Å². The molecule has 0 heterocycles. The summed E-state index contributed by atoms with van der Waals surface area (Å²) >= 11 is 0. The molecule has 0 bridgehead atoms. The lowest BCUT2D eigenvalue weighted by atomic mass is 9.95. The molecular formula is C15H31NO5. The topological polar surface area (TPSA) is 77.0 Å². The molecular weight excluding hydrogens is 274 g/mol. The molecule has 0 radical (unpaired) electrons. The molecule has 0 rings (SSSR count). The maximum absolute atomic E-state index is 11.3. The lowest BCUT2D eigenvalue weighted by molar-refractivity contribution is -0.144. The summed E-state index contributed by atoms with van der Waals surface area (Å²) in [5.41, 5.74) is -0.888. The van der Waals surface area contributed by atoms with Gasteiger partial charge >= 0.3 is 5.97 Å². The molecule has 0 aliphatic carbocycles. The van der Waals surface area contributed by atoms with Gasteiger partial charge in [0, 0.05) is 33.0 Å². The highest BCUT2D eigenvalue weighted by Gasteiger charge is 2.32. The number of carboxylic acids is 1. The number of ether oxygens (including phenoxy) is 3. The van der Waals surface area contributed by atoms with Crippen molar-refractivity contribution < 1.29 is 24.1 Å². The Labute approximate surface area is 128 Å². The van der Waals surface area contributed by atoms with Crippen LogP contribution < -0.4 is 5.32 Å². The van der Waals surface area contributed by atoms with Crippen molar-refractivity contribution in [2.24, 2.45) is 0 Å². The fourth-order valence-electron chi connectivity index (χ4n) is 2.02. The number of hydrogen-bond donors (Lipinski definition) is 2. The average Bonchev–Trinajstić information content (AvgIpc) is 2.40. The van der Waals surface area contributed by atoms with E-state index in [1.807, 2.05) is 13.8 Å². The molecule has 0 aromatic rings. The first-order chi connectivity index (χ1) is 9.92. The zero-order valence-corrected chi connectivity index (χ0v) is 13.8. The first kappa shape index (κ1) is 20.3. The van der Waals surface area contributed by atoms with Crippen LogP contribution in [0.25, 0.3) is 0 Å². The predicted octanol–water partition coefficient (Wildman–Crippen LogP) is 1.68. The van der Waals surface area contributed by atoms with Crippen molar-refractivity contribution in [3.63, 3.8) is 0 Å². The van der Waals surface area contributed by atoms with E-state index in [4.69, 9.17) is 14.2 Å². The van der Waals surface area contributed by atoms with E-state index in [2.05, 4.69) is 5.32 Å². The number of aliphatic carboxylic acids is 1. The molecule has 0 aromatic heterocycles. The molecule has 0 spiro atoms. The molecule has 21 heavy (non-hydrogen) atoms. The second-order valence-electron chi connectivity index (χ2n) is 5.61. The molecule has 1 unspecified atom stereocenters. The Balaban J connectivity index is 3.61. The van der Waals surface area contributed by atoms with E-state index in [0.29, 0.717) is 45.9 Å². The standard InChI is InChI=1S/C15H31NO5/c1-13(2)16-15(3,14(17)18)7-5-8-20-9-6-10-21-12-11-19-4/h13,16H,5-12H2,1-4H3,(H,17,18). The summed E-state index contributed by atoms with van der Waals surface area (Å²) in [6.45, 7) is 8.69. The van der Waals surface area contributed by atoms with Gasteiger partial charge in [-0.3, -0.25) is 10.1 Å². The van der Waals surface area contributed by atoms with E-state index >= 15 is 0 Å². The second kappa shape index (κ2) is 11.9. The van der Waals surface area contributed by atoms with Crippen molar-refractivity contribution >= 4 is 5.97 Å². The lowest BCUT2D eigenvalue weighted by Gasteiger charge is -2.28. The predicted molar refractivity (Wildman–Crippen MR) is 81.7 cm³/mol. The summed E-state index contributed by atoms with van der Waals surface area (Å²) in [5.74, 6) is -0.817. The molecule has 0 aromatic carbocycles. The highest BCUT2D eigenvalue weighted by Crippen LogP contribution is 2.14. The van der Waals surface area contributed by atoms with Gasteiger partial charge < -0.3 is 19.3 Å². The minimum atomic E-state index is -0.888. The van der Waals surface area contributed by atoms with Gasteiger partial charge in [-0.1, -0.05) is 0 Å². The highest BCUT2D eigenvalue weighted by molar-refractivity contribution is 5.78. The third-order valence-electron chi connectivity index (χ3n) is 3.05. The molecule has 0 aliphatic rings. The molecule has 126 valence electrons. The van der Waals surface area contributed by atoms with Gasteiger partial charge in [-0.2, -0.15) is 0 Å². The molecule has 0 fully saturated rings. The summed E-state index contributed by atoms with van der Waals surface area (Å²) in [6.07, 6.45) is 2.10. The Morgan fingerprint density at radius 2 is 1.67 bits per heavy atom. The third kappa shape index (κ3) is 10.6.